The average molecular weight is 357 g/mol. The summed E-state index contributed by atoms with van der Waals surface area (Å²) >= 11 is 6.41. The van der Waals surface area contributed by atoms with Crippen LogP contribution in [0.5, 0.6) is 11.5 Å². The van der Waals surface area contributed by atoms with E-state index in [0.717, 1.165) is 24.1 Å². The second-order valence-corrected chi connectivity index (χ2v) is 6.97. The Labute approximate surface area is 150 Å². The minimum atomic E-state index is -0.261. The summed E-state index contributed by atoms with van der Waals surface area (Å²) in [5.41, 5.74) is 2.47. The molecule has 1 aliphatic carbocycles. The SMILES string of the molecule is O=C1c2ccccc2N[C@@H](c2cc(Cl)c3c(c2)OCCO3)N1C1CC1. The lowest BCUT2D eigenvalue weighted by atomic mass is 10.0. The highest BCUT2D eigenvalue weighted by Gasteiger charge is 2.42. The van der Waals surface area contributed by atoms with E-state index in [0.29, 0.717) is 35.3 Å². The lowest BCUT2D eigenvalue weighted by Gasteiger charge is -2.38. The molecular weight excluding hydrogens is 340 g/mol. The van der Waals surface area contributed by atoms with Crippen LogP contribution < -0.4 is 14.8 Å². The zero-order chi connectivity index (χ0) is 17.0. The zero-order valence-corrected chi connectivity index (χ0v) is 14.3. The van der Waals surface area contributed by atoms with Gasteiger partial charge in [0, 0.05) is 17.3 Å². The van der Waals surface area contributed by atoms with Crippen molar-refractivity contribution in [2.24, 2.45) is 0 Å². The number of anilines is 1. The summed E-state index contributed by atoms with van der Waals surface area (Å²) in [5.74, 6) is 1.28. The number of rotatable bonds is 2. The van der Waals surface area contributed by atoms with Crippen LogP contribution in [0.15, 0.2) is 36.4 Å². The Bertz CT molecular complexity index is 866. The molecule has 5 rings (SSSR count). The largest absolute Gasteiger partial charge is 0.486 e. The van der Waals surface area contributed by atoms with Gasteiger partial charge in [0.05, 0.1) is 10.6 Å². The van der Waals surface area contributed by atoms with Crippen LogP contribution in [-0.2, 0) is 0 Å². The number of nitrogens with zero attached hydrogens (tertiary/aromatic N) is 1. The number of nitrogens with one attached hydrogen (secondary N) is 1. The predicted molar refractivity (Wildman–Crippen MR) is 94.4 cm³/mol. The molecule has 6 heteroatoms. The van der Waals surface area contributed by atoms with Crippen LogP contribution in [0.1, 0.15) is 34.9 Å². The first-order chi connectivity index (χ1) is 12.2. The van der Waals surface area contributed by atoms with Crippen molar-refractivity contribution in [3.05, 3.63) is 52.5 Å². The van der Waals surface area contributed by atoms with Crippen LogP contribution in [0.3, 0.4) is 0 Å². The van der Waals surface area contributed by atoms with E-state index < -0.39 is 0 Å². The molecule has 0 spiro atoms. The van der Waals surface area contributed by atoms with Crippen LogP contribution in [0.2, 0.25) is 5.02 Å². The Morgan fingerprint density at radius 1 is 1.12 bits per heavy atom. The van der Waals surface area contributed by atoms with Gasteiger partial charge in [0.25, 0.3) is 5.91 Å². The van der Waals surface area contributed by atoms with Crippen molar-refractivity contribution >= 4 is 23.2 Å². The molecule has 128 valence electrons. The molecule has 0 unspecified atom stereocenters. The Hall–Kier alpha value is -2.40. The third kappa shape index (κ3) is 2.42. The number of carbonyl (C=O) groups excluding carboxylic acids is 1. The fourth-order valence-electron chi connectivity index (χ4n) is 3.53. The van der Waals surface area contributed by atoms with E-state index in [4.69, 9.17) is 21.1 Å². The van der Waals surface area contributed by atoms with Gasteiger partial charge in [0.15, 0.2) is 11.5 Å². The van der Waals surface area contributed by atoms with E-state index in [1.54, 1.807) is 0 Å². The third-order valence-corrected chi connectivity index (χ3v) is 5.12. The van der Waals surface area contributed by atoms with E-state index in [1.807, 2.05) is 41.3 Å². The summed E-state index contributed by atoms with van der Waals surface area (Å²) in [5, 5.41) is 4.01. The van der Waals surface area contributed by atoms with E-state index in [-0.39, 0.29) is 18.1 Å². The quantitative estimate of drug-likeness (QED) is 0.888. The van der Waals surface area contributed by atoms with Crippen molar-refractivity contribution in [1.82, 2.24) is 4.90 Å². The fraction of sp³-hybridized carbons (Fsp3) is 0.316. The van der Waals surface area contributed by atoms with Gasteiger partial charge in [0.1, 0.15) is 19.4 Å². The number of halogens is 1. The third-order valence-electron chi connectivity index (χ3n) is 4.84. The first-order valence-electron chi connectivity index (χ1n) is 8.49. The van der Waals surface area contributed by atoms with E-state index in [1.165, 1.54) is 0 Å². The monoisotopic (exact) mass is 356 g/mol. The molecule has 1 amide bonds. The van der Waals surface area contributed by atoms with E-state index in [9.17, 15) is 4.79 Å². The summed E-state index contributed by atoms with van der Waals surface area (Å²) in [4.78, 5) is 15.0. The lowest BCUT2D eigenvalue weighted by Crippen LogP contribution is -2.44. The van der Waals surface area contributed by atoms with Crippen molar-refractivity contribution in [2.75, 3.05) is 18.5 Å². The molecule has 0 radical (unpaired) electrons. The molecule has 2 heterocycles. The van der Waals surface area contributed by atoms with Gasteiger partial charge in [-0.3, -0.25) is 4.79 Å². The molecule has 5 nitrogen and oxygen atoms in total. The number of hydrogen-bond acceptors (Lipinski definition) is 4. The second kappa shape index (κ2) is 5.56. The number of hydrogen-bond donors (Lipinski definition) is 1. The van der Waals surface area contributed by atoms with Gasteiger partial charge in [-0.05, 0) is 37.1 Å². The van der Waals surface area contributed by atoms with Gasteiger partial charge in [-0.2, -0.15) is 0 Å². The number of carbonyl (C=O) groups is 1. The van der Waals surface area contributed by atoms with Crippen molar-refractivity contribution in [3.63, 3.8) is 0 Å². The molecule has 2 aliphatic heterocycles. The predicted octanol–water partition coefficient (Wildman–Crippen LogP) is 3.84. The summed E-state index contributed by atoms with van der Waals surface area (Å²) in [6.45, 7) is 0.993. The first-order valence-corrected chi connectivity index (χ1v) is 8.87. The van der Waals surface area contributed by atoms with Gasteiger partial charge in [0.2, 0.25) is 0 Å². The maximum Gasteiger partial charge on any atom is 0.258 e. The summed E-state index contributed by atoms with van der Waals surface area (Å²) in [6.07, 6.45) is 1.80. The molecule has 0 bridgehead atoms. The topological polar surface area (TPSA) is 50.8 Å². The number of amides is 1. The molecule has 0 aromatic heterocycles. The molecule has 2 aromatic carbocycles. The van der Waals surface area contributed by atoms with Crippen molar-refractivity contribution < 1.29 is 14.3 Å². The molecule has 1 fully saturated rings. The van der Waals surface area contributed by atoms with Crippen LogP contribution in [-0.4, -0.2) is 30.1 Å². The maximum atomic E-state index is 13.1. The van der Waals surface area contributed by atoms with E-state index in [2.05, 4.69) is 5.32 Å². The zero-order valence-electron chi connectivity index (χ0n) is 13.5. The number of para-hydroxylation sites is 1. The summed E-state index contributed by atoms with van der Waals surface area (Å²) in [7, 11) is 0. The maximum absolute atomic E-state index is 13.1. The minimum Gasteiger partial charge on any atom is -0.486 e. The standard InChI is InChI=1S/C19H17ClN2O3/c20-14-9-11(10-16-17(14)25-8-7-24-16)18-21-15-4-2-1-3-13(15)19(23)22(18)12-5-6-12/h1-4,9-10,12,18,21H,5-8H2/t18-/m1/s1. The Morgan fingerprint density at radius 3 is 2.76 bits per heavy atom. The van der Waals surface area contributed by atoms with E-state index >= 15 is 0 Å². The Balaban J connectivity index is 1.60. The molecule has 2 aromatic rings. The highest BCUT2D eigenvalue weighted by atomic mass is 35.5. The lowest BCUT2D eigenvalue weighted by molar-refractivity contribution is 0.0666. The van der Waals surface area contributed by atoms with Gasteiger partial charge in [-0.15, -0.1) is 0 Å². The first kappa shape index (κ1) is 14.9. The molecule has 25 heavy (non-hydrogen) atoms. The van der Waals surface area contributed by atoms with Crippen LogP contribution in [0.25, 0.3) is 0 Å². The Kier molecular flexibility index (Phi) is 3.31. The van der Waals surface area contributed by atoms with Crippen molar-refractivity contribution in [2.45, 2.75) is 25.0 Å². The molecule has 1 N–H and O–H groups in total. The van der Waals surface area contributed by atoms with Gasteiger partial charge < -0.3 is 19.7 Å². The summed E-state index contributed by atoms with van der Waals surface area (Å²) in [6, 6.07) is 11.7. The minimum absolute atomic E-state index is 0.0628. The molecule has 1 saturated carbocycles. The van der Waals surface area contributed by atoms with Gasteiger partial charge >= 0.3 is 0 Å². The molecule has 1 atom stereocenters. The fourth-order valence-corrected chi connectivity index (χ4v) is 3.80. The van der Waals surface area contributed by atoms with Crippen LogP contribution in [0, 0.1) is 0 Å². The molecule has 0 saturated heterocycles. The van der Waals surface area contributed by atoms with Crippen LogP contribution >= 0.6 is 11.6 Å². The number of benzene rings is 2. The van der Waals surface area contributed by atoms with Crippen molar-refractivity contribution in [3.8, 4) is 11.5 Å². The molecular formula is C19H17ClN2O3. The summed E-state index contributed by atoms with van der Waals surface area (Å²) < 4.78 is 11.3. The van der Waals surface area contributed by atoms with Crippen LogP contribution in [0.4, 0.5) is 5.69 Å². The number of ether oxygens (including phenoxy) is 2. The number of fused-ring (bicyclic) bond motifs is 2. The highest BCUT2D eigenvalue weighted by Crippen LogP contribution is 2.45. The molecule has 3 aliphatic rings. The normalized spacial score (nSPS) is 21.6. The smallest absolute Gasteiger partial charge is 0.258 e. The van der Waals surface area contributed by atoms with Gasteiger partial charge in [-0.1, -0.05) is 23.7 Å². The van der Waals surface area contributed by atoms with Crippen molar-refractivity contribution in [1.29, 1.82) is 0 Å². The second-order valence-electron chi connectivity index (χ2n) is 6.56. The van der Waals surface area contributed by atoms with Gasteiger partial charge in [-0.25, -0.2) is 0 Å². The average Bonchev–Trinajstić information content (AvgIpc) is 3.46. The Morgan fingerprint density at radius 2 is 1.92 bits per heavy atom. The highest BCUT2D eigenvalue weighted by molar-refractivity contribution is 6.32.